The fourth-order valence-corrected chi connectivity index (χ4v) is 8.05. The number of nitrogens with one attached hydrogen (secondary N) is 1. The standard InChI is InChI=1S/C30H31F5N4O4S2/c1-5-22(30(33,34)35)39-45(4,42)21-11-10-19(17-8-6-7-9-18(17)21)24-20(12-16-13-29(31,32)14-16)36-26(44-24)25-38-37-23(43-25)15-28(2,3)27(40)41/h6-11,16,22H,4-5,12-15H2,1-3H3,(H,39,42)(H,40,41)/t22-,45?/m0/s1. The van der Waals surface area contributed by atoms with Gasteiger partial charge in [-0.2, -0.15) is 13.2 Å². The summed E-state index contributed by atoms with van der Waals surface area (Å²) < 4.78 is 89.7. The molecule has 2 aromatic heterocycles. The normalized spacial score (nSPS) is 17.6. The molecule has 0 aliphatic heterocycles. The summed E-state index contributed by atoms with van der Waals surface area (Å²) in [7, 11) is -3.61. The number of alkyl halides is 5. The van der Waals surface area contributed by atoms with Crippen molar-refractivity contribution in [3.63, 3.8) is 0 Å². The van der Waals surface area contributed by atoms with Gasteiger partial charge in [-0.3, -0.25) is 4.79 Å². The molecule has 2 atom stereocenters. The predicted octanol–water partition coefficient (Wildman–Crippen LogP) is 7.18. The van der Waals surface area contributed by atoms with Gasteiger partial charge in [0.25, 0.3) is 5.89 Å². The van der Waals surface area contributed by atoms with Gasteiger partial charge in [0.15, 0.2) is 5.01 Å². The van der Waals surface area contributed by atoms with Crippen LogP contribution in [0.25, 0.3) is 32.1 Å². The third kappa shape index (κ3) is 6.89. The number of halogens is 5. The number of thiazole rings is 1. The van der Waals surface area contributed by atoms with Gasteiger partial charge in [-0.15, -0.1) is 21.5 Å². The van der Waals surface area contributed by atoms with Crippen LogP contribution in [0.2, 0.25) is 0 Å². The summed E-state index contributed by atoms with van der Waals surface area (Å²) in [6.45, 7) is 4.38. The molecule has 1 aliphatic carbocycles. The van der Waals surface area contributed by atoms with Gasteiger partial charge in [-0.1, -0.05) is 37.3 Å². The Bertz CT molecular complexity index is 1840. The van der Waals surface area contributed by atoms with E-state index in [9.17, 15) is 36.1 Å². The fraction of sp³-hybridized carbons (Fsp3) is 0.433. The van der Waals surface area contributed by atoms with Crippen molar-refractivity contribution in [2.24, 2.45) is 11.3 Å². The van der Waals surface area contributed by atoms with Gasteiger partial charge in [-0.05, 0) is 55.3 Å². The van der Waals surface area contributed by atoms with Crippen LogP contribution in [0, 0.1) is 11.3 Å². The predicted molar refractivity (Wildman–Crippen MR) is 162 cm³/mol. The Labute approximate surface area is 260 Å². The summed E-state index contributed by atoms with van der Waals surface area (Å²) in [6, 6.07) is 7.80. The first kappa shape index (κ1) is 32.9. The lowest BCUT2D eigenvalue weighted by atomic mass is 9.78. The SMILES string of the molecule is C=S(=O)(N[C@@H](CC)C(F)(F)F)c1ccc(-c2sc(-c3nnc(CC(C)(C)C(=O)O)o3)nc2CC2CC(F)(F)C2)c2ccccc12. The van der Waals surface area contributed by atoms with Crippen molar-refractivity contribution < 1.29 is 40.5 Å². The molecule has 2 aromatic carbocycles. The van der Waals surface area contributed by atoms with Crippen LogP contribution in [0.4, 0.5) is 22.0 Å². The third-order valence-electron chi connectivity index (χ3n) is 7.80. The van der Waals surface area contributed by atoms with Gasteiger partial charge in [-0.25, -0.2) is 22.7 Å². The van der Waals surface area contributed by atoms with Crippen molar-refractivity contribution in [3.05, 3.63) is 48.0 Å². The molecule has 0 spiro atoms. The summed E-state index contributed by atoms with van der Waals surface area (Å²) >= 11 is 1.16. The van der Waals surface area contributed by atoms with E-state index in [-0.39, 0.29) is 54.7 Å². The zero-order chi connectivity index (χ0) is 32.9. The van der Waals surface area contributed by atoms with E-state index in [1.165, 1.54) is 26.8 Å². The molecule has 1 unspecified atom stereocenters. The highest BCUT2D eigenvalue weighted by molar-refractivity contribution is 7.98. The second-order valence-electron chi connectivity index (χ2n) is 11.9. The summed E-state index contributed by atoms with van der Waals surface area (Å²) in [6.07, 6.45) is -5.36. The van der Waals surface area contributed by atoms with Crippen molar-refractivity contribution in [2.45, 2.75) is 75.9 Å². The van der Waals surface area contributed by atoms with E-state index >= 15 is 0 Å². The summed E-state index contributed by atoms with van der Waals surface area (Å²) in [5.41, 5.74) is -0.0717. The van der Waals surface area contributed by atoms with E-state index < -0.39 is 39.2 Å². The topological polar surface area (TPSA) is 118 Å². The molecule has 5 rings (SSSR count). The number of aliphatic carboxylic acids is 1. The summed E-state index contributed by atoms with van der Waals surface area (Å²) in [5, 5.41) is 18.7. The molecule has 2 N–H and O–H groups in total. The molecular weight excluding hydrogens is 639 g/mol. The van der Waals surface area contributed by atoms with Crippen LogP contribution in [-0.4, -0.2) is 54.5 Å². The van der Waals surface area contributed by atoms with Crippen molar-refractivity contribution in [2.75, 3.05) is 0 Å². The molecule has 45 heavy (non-hydrogen) atoms. The lowest BCUT2D eigenvalue weighted by Crippen LogP contribution is -2.44. The van der Waals surface area contributed by atoms with Gasteiger partial charge >= 0.3 is 12.1 Å². The molecule has 8 nitrogen and oxygen atoms in total. The Morgan fingerprint density at radius 1 is 1.18 bits per heavy atom. The Balaban J connectivity index is 1.58. The van der Waals surface area contributed by atoms with E-state index in [0.29, 0.717) is 31.9 Å². The van der Waals surface area contributed by atoms with Crippen molar-refractivity contribution in [1.82, 2.24) is 19.9 Å². The number of carboxylic acids is 1. The maximum atomic E-state index is 13.7. The van der Waals surface area contributed by atoms with Crippen LogP contribution < -0.4 is 4.72 Å². The smallest absolute Gasteiger partial charge is 0.404 e. The zero-order valence-corrected chi connectivity index (χ0v) is 26.2. The Hall–Kier alpha value is -3.43. The van der Waals surface area contributed by atoms with Gasteiger partial charge in [0.2, 0.25) is 11.8 Å². The monoisotopic (exact) mass is 670 g/mol. The van der Waals surface area contributed by atoms with Crippen LogP contribution >= 0.6 is 11.3 Å². The molecule has 0 radical (unpaired) electrons. The van der Waals surface area contributed by atoms with Crippen LogP contribution in [0.3, 0.4) is 0 Å². The van der Waals surface area contributed by atoms with Gasteiger partial charge in [0.1, 0.15) is 6.04 Å². The number of carbonyl (C=O) groups is 1. The average molecular weight is 671 g/mol. The highest BCUT2D eigenvalue weighted by Gasteiger charge is 2.45. The van der Waals surface area contributed by atoms with Crippen LogP contribution in [0.5, 0.6) is 0 Å². The minimum atomic E-state index is -4.63. The Morgan fingerprint density at radius 3 is 2.44 bits per heavy atom. The van der Waals surface area contributed by atoms with Gasteiger partial charge in [0.05, 0.1) is 30.6 Å². The zero-order valence-electron chi connectivity index (χ0n) is 24.6. The molecule has 0 amide bonds. The first-order valence-corrected chi connectivity index (χ1v) is 16.6. The molecule has 0 bridgehead atoms. The van der Waals surface area contributed by atoms with E-state index in [4.69, 9.17) is 4.42 Å². The first-order chi connectivity index (χ1) is 20.9. The van der Waals surface area contributed by atoms with E-state index in [1.807, 2.05) is 0 Å². The third-order valence-corrected chi connectivity index (χ3v) is 10.6. The summed E-state index contributed by atoms with van der Waals surface area (Å²) in [4.78, 5) is 16.9. The molecule has 242 valence electrons. The largest absolute Gasteiger partial charge is 0.481 e. The van der Waals surface area contributed by atoms with Crippen LogP contribution in [-0.2, 0) is 27.3 Å². The highest BCUT2D eigenvalue weighted by atomic mass is 32.2. The quantitative estimate of drug-likeness (QED) is 0.128. The second-order valence-corrected chi connectivity index (χ2v) is 15.0. The molecule has 0 saturated heterocycles. The molecule has 4 aromatic rings. The fourth-order valence-electron chi connectivity index (χ4n) is 5.29. The molecule has 1 saturated carbocycles. The van der Waals surface area contributed by atoms with Gasteiger partial charge in [0, 0.05) is 24.8 Å². The minimum absolute atomic E-state index is 0.0325. The number of hydrogen-bond donors (Lipinski definition) is 2. The first-order valence-electron chi connectivity index (χ1n) is 14.1. The van der Waals surface area contributed by atoms with Crippen molar-refractivity contribution in [1.29, 1.82) is 0 Å². The maximum absolute atomic E-state index is 13.7. The highest BCUT2D eigenvalue weighted by Crippen LogP contribution is 2.47. The number of aromatic nitrogens is 3. The van der Waals surface area contributed by atoms with E-state index in [2.05, 4.69) is 25.8 Å². The number of nitrogens with zero attached hydrogens (tertiary/aromatic N) is 3. The van der Waals surface area contributed by atoms with Crippen molar-refractivity contribution in [3.8, 4) is 21.3 Å². The molecular formula is C30H31F5N4O4S2. The van der Waals surface area contributed by atoms with E-state index in [1.54, 1.807) is 30.3 Å². The molecule has 15 heteroatoms. The molecule has 1 fully saturated rings. The minimum Gasteiger partial charge on any atom is -0.481 e. The lowest BCUT2D eigenvalue weighted by Gasteiger charge is -2.34. The number of fused-ring (bicyclic) bond motifs is 1. The van der Waals surface area contributed by atoms with Crippen molar-refractivity contribution >= 4 is 43.7 Å². The second kappa shape index (κ2) is 11.7. The number of rotatable bonds is 11. The maximum Gasteiger partial charge on any atom is 0.404 e. The number of carboxylic acid groups (broad SMARTS) is 1. The Morgan fingerprint density at radius 2 is 1.84 bits per heavy atom. The Kier molecular flexibility index (Phi) is 8.59. The average Bonchev–Trinajstić information content (AvgIpc) is 3.56. The van der Waals surface area contributed by atoms with Crippen LogP contribution in [0.1, 0.15) is 51.6 Å². The van der Waals surface area contributed by atoms with Crippen LogP contribution in [0.15, 0.2) is 45.7 Å². The molecule has 1 aliphatic rings. The summed E-state index contributed by atoms with van der Waals surface area (Å²) in [5.74, 6) is -0.358. The van der Waals surface area contributed by atoms with E-state index in [0.717, 1.165) is 11.3 Å². The van der Waals surface area contributed by atoms with Gasteiger partial charge < -0.3 is 9.52 Å². The number of benzene rings is 2. The lowest BCUT2D eigenvalue weighted by molar-refractivity contribution is -0.151. The number of hydrogen-bond acceptors (Lipinski definition) is 7. The molecule has 2 heterocycles.